The molecule has 140 valence electrons. The normalized spacial score (nSPS) is 15.4. The van der Waals surface area contributed by atoms with Gasteiger partial charge < -0.3 is 9.32 Å². The van der Waals surface area contributed by atoms with Crippen molar-refractivity contribution >= 4 is 27.6 Å². The molecule has 0 aliphatic carbocycles. The molecule has 0 spiro atoms. The van der Waals surface area contributed by atoms with E-state index in [9.17, 15) is 4.79 Å². The largest absolute Gasteiger partial charge is 0.451 e. The van der Waals surface area contributed by atoms with Crippen LogP contribution in [0.5, 0.6) is 0 Å². The summed E-state index contributed by atoms with van der Waals surface area (Å²) in [5, 5.41) is 3.28. The van der Waals surface area contributed by atoms with E-state index < -0.39 is 0 Å². The summed E-state index contributed by atoms with van der Waals surface area (Å²) in [4.78, 5) is 17.3. The zero-order valence-corrected chi connectivity index (χ0v) is 15.7. The van der Waals surface area contributed by atoms with Crippen molar-refractivity contribution in [1.29, 1.82) is 0 Å². The molecule has 2 heterocycles. The van der Waals surface area contributed by atoms with E-state index >= 15 is 0 Å². The van der Waals surface area contributed by atoms with Crippen LogP contribution >= 0.6 is 0 Å². The molecule has 4 nitrogen and oxygen atoms in total. The first-order chi connectivity index (χ1) is 13.8. The minimum Gasteiger partial charge on any atom is -0.451 e. The van der Waals surface area contributed by atoms with Crippen LogP contribution in [0.15, 0.2) is 77.2 Å². The molecule has 3 aromatic carbocycles. The van der Waals surface area contributed by atoms with Gasteiger partial charge in [-0.05, 0) is 28.5 Å². The van der Waals surface area contributed by atoms with E-state index in [1.165, 1.54) is 5.56 Å². The van der Waals surface area contributed by atoms with Gasteiger partial charge in [0.2, 0.25) is 0 Å². The zero-order valence-electron chi connectivity index (χ0n) is 15.7. The fourth-order valence-corrected chi connectivity index (χ4v) is 4.00. The van der Waals surface area contributed by atoms with Crippen molar-refractivity contribution in [2.24, 2.45) is 0 Å². The molecule has 28 heavy (non-hydrogen) atoms. The zero-order chi connectivity index (χ0) is 18.9. The smallest absolute Gasteiger partial charge is 0.289 e. The fraction of sp³-hybridized carbons (Fsp3) is 0.208. The van der Waals surface area contributed by atoms with E-state index in [1.54, 1.807) is 0 Å². The third-order valence-corrected chi connectivity index (χ3v) is 5.55. The molecule has 1 aliphatic rings. The maximum atomic E-state index is 13.0. The van der Waals surface area contributed by atoms with Crippen molar-refractivity contribution in [1.82, 2.24) is 9.80 Å². The molecule has 0 atom stereocenters. The lowest BCUT2D eigenvalue weighted by molar-refractivity contribution is 0.0600. The SMILES string of the molecule is O=C(c1cc2c(ccc3ccccc32)o1)N1CCN(Cc2ccccc2)CC1. The Hall–Kier alpha value is -3.11. The van der Waals surface area contributed by atoms with Crippen LogP contribution in [0.1, 0.15) is 16.1 Å². The van der Waals surface area contributed by atoms with Gasteiger partial charge in [-0.3, -0.25) is 9.69 Å². The van der Waals surface area contributed by atoms with Gasteiger partial charge in [0.15, 0.2) is 5.76 Å². The van der Waals surface area contributed by atoms with E-state index in [4.69, 9.17) is 4.42 Å². The lowest BCUT2D eigenvalue weighted by Crippen LogP contribution is -2.48. The summed E-state index contributed by atoms with van der Waals surface area (Å²) in [7, 11) is 0. The third kappa shape index (κ3) is 3.16. The number of furan rings is 1. The molecule has 0 N–H and O–H groups in total. The van der Waals surface area contributed by atoms with Gasteiger partial charge in [-0.1, -0.05) is 60.7 Å². The molecule has 0 radical (unpaired) electrons. The molecular weight excluding hydrogens is 348 g/mol. The van der Waals surface area contributed by atoms with Crippen LogP contribution in [0.3, 0.4) is 0 Å². The first-order valence-corrected chi connectivity index (χ1v) is 9.75. The summed E-state index contributed by atoms with van der Waals surface area (Å²) in [6.45, 7) is 4.14. The molecule has 0 unspecified atom stereocenters. The van der Waals surface area contributed by atoms with Gasteiger partial charge in [-0.2, -0.15) is 0 Å². The minimum atomic E-state index is -0.0142. The summed E-state index contributed by atoms with van der Waals surface area (Å²) >= 11 is 0. The Bertz CT molecular complexity index is 1130. The van der Waals surface area contributed by atoms with Crippen LogP contribution in [0.4, 0.5) is 0 Å². The fourth-order valence-electron chi connectivity index (χ4n) is 4.00. The molecule has 0 bridgehead atoms. The first kappa shape index (κ1) is 17.0. The molecule has 1 aromatic heterocycles. The van der Waals surface area contributed by atoms with Gasteiger partial charge in [0.05, 0.1) is 0 Å². The van der Waals surface area contributed by atoms with E-state index in [1.807, 2.05) is 41.3 Å². The maximum absolute atomic E-state index is 13.0. The number of amides is 1. The second-order valence-electron chi connectivity index (χ2n) is 7.36. The summed E-state index contributed by atoms with van der Waals surface area (Å²) in [5.41, 5.74) is 2.08. The lowest BCUT2D eigenvalue weighted by Gasteiger charge is -2.34. The van der Waals surface area contributed by atoms with Crippen molar-refractivity contribution in [3.05, 3.63) is 84.1 Å². The van der Waals surface area contributed by atoms with E-state index in [0.717, 1.165) is 54.5 Å². The highest BCUT2D eigenvalue weighted by Gasteiger charge is 2.24. The van der Waals surface area contributed by atoms with Crippen molar-refractivity contribution < 1.29 is 9.21 Å². The van der Waals surface area contributed by atoms with Crippen molar-refractivity contribution in [2.45, 2.75) is 6.54 Å². The van der Waals surface area contributed by atoms with Crippen LogP contribution in [-0.2, 0) is 6.54 Å². The topological polar surface area (TPSA) is 36.7 Å². The third-order valence-electron chi connectivity index (χ3n) is 5.55. The second-order valence-corrected chi connectivity index (χ2v) is 7.36. The lowest BCUT2D eigenvalue weighted by atomic mass is 10.1. The summed E-state index contributed by atoms with van der Waals surface area (Å²) in [5.74, 6) is 0.419. The van der Waals surface area contributed by atoms with Crippen LogP contribution in [-0.4, -0.2) is 41.9 Å². The van der Waals surface area contributed by atoms with Gasteiger partial charge in [0, 0.05) is 38.1 Å². The van der Waals surface area contributed by atoms with Crippen molar-refractivity contribution in [3.8, 4) is 0 Å². The summed E-state index contributed by atoms with van der Waals surface area (Å²) < 4.78 is 5.91. The monoisotopic (exact) mass is 370 g/mol. The Kier molecular flexibility index (Phi) is 4.34. The molecule has 1 amide bonds. The predicted octanol–water partition coefficient (Wildman–Crippen LogP) is 4.54. The van der Waals surface area contributed by atoms with Crippen LogP contribution in [0.25, 0.3) is 21.7 Å². The Morgan fingerprint density at radius 2 is 1.57 bits per heavy atom. The molecule has 0 saturated carbocycles. The number of rotatable bonds is 3. The Morgan fingerprint density at radius 3 is 2.39 bits per heavy atom. The highest BCUT2D eigenvalue weighted by Crippen LogP contribution is 2.28. The van der Waals surface area contributed by atoms with Crippen molar-refractivity contribution in [3.63, 3.8) is 0 Å². The summed E-state index contributed by atoms with van der Waals surface area (Å²) in [6.07, 6.45) is 0. The maximum Gasteiger partial charge on any atom is 0.289 e. The van der Waals surface area contributed by atoms with E-state index in [2.05, 4.69) is 41.3 Å². The molecular formula is C24H22N2O2. The average molecular weight is 370 g/mol. The Labute approximate surface area is 164 Å². The average Bonchev–Trinajstić information content (AvgIpc) is 3.19. The molecule has 1 saturated heterocycles. The highest BCUT2D eigenvalue weighted by atomic mass is 16.3. The Morgan fingerprint density at radius 1 is 0.821 bits per heavy atom. The number of fused-ring (bicyclic) bond motifs is 3. The van der Waals surface area contributed by atoms with Crippen LogP contribution < -0.4 is 0 Å². The van der Waals surface area contributed by atoms with Crippen LogP contribution in [0, 0.1) is 0 Å². The molecule has 4 aromatic rings. The van der Waals surface area contributed by atoms with Gasteiger partial charge >= 0.3 is 0 Å². The number of hydrogen-bond donors (Lipinski definition) is 0. The predicted molar refractivity (Wildman–Crippen MR) is 111 cm³/mol. The second kappa shape index (κ2) is 7.13. The number of benzene rings is 3. The van der Waals surface area contributed by atoms with E-state index in [-0.39, 0.29) is 5.91 Å². The number of nitrogens with zero attached hydrogens (tertiary/aromatic N) is 2. The van der Waals surface area contributed by atoms with Gasteiger partial charge in [0.1, 0.15) is 5.58 Å². The standard InChI is InChI=1S/C24H22N2O2/c27-24(26-14-12-25(13-15-26)17-18-6-2-1-3-7-18)23-16-21-20-9-5-4-8-19(20)10-11-22(21)28-23/h1-11,16H,12-15,17H2. The Balaban J connectivity index is 1.31. The van der Waals surface area contributed by atoms with Crippen molar-refractivity contribution in [2.75, 3.05) is 26.2 Å². The number of piperazine rings is 1. The number of carbonyl (C=O) groups excluding carboxylic acids is 1. The number of carbonyl (C=O) groups is 1. The first-order valence-electron chi connectivity index (χ1n) is 9.75. The van der Waals surface area contributed by atoms with Crippen LogP contribution in [0.2, 0.25) is 0 Å². The molecule has 4 heteroatoms. The molecule has 1 aliphatic heterocycles. The molecule has 1 fully saturated rings. The van der Waals surface area contributed by atoms with Gasteiger partial charge in [-0.15, -0.1) is 0 Å². The van der Waals surface area contributed by atoms with Gasteiger partial charge in [-0.25, -0.2) is 0 Å². The quantitative estimate of drug-likeness (QED) is 0.531. The summed E-state index contributed by atoms with van der Waals surface area (Å²) in [6, 6.07) is 24.6. The number of hydrogen-bond acceptors (Lipinski definition) is 3. The molecule has 5 rings (SSSR count). The minimum absolute atomic E-state index is 0.0142. The van der Waals surface area contributed by atoms with Gasteiger partial charge in [0.25, 0.3) is 5.91 Å². The highest BCUT2D eigenvalue weighted by molar-refractivity contribution is 6.08. The van der Waals surface area contributed by atoms with E-state index in [0.29, 0.717) is 5.76 Å².